The van der Waals surface area contributed by atoms with Gasteiger partial charge in [-0.3, -0.25) is 5.41 Å². The van der Waals surface area contributed by atoms with Crippen LogP contribution < -0.4 is 5.32 Å². The lowest BCUT2D eigenvalue weighted by molar-refractivity contribution is 0.113. The Kier molecular flexibility index (Phi) is 5.61. The van der Waals surface area contributed by atoms with Gasteiger partial charge in [0.15, 0.2) is 5.82 Å². The molecular formula is C23H25ClN6O. The summed E-state index contributed by atoms with van der Waals surface area (Å²) in [5.74, 6) is 2.35. The van der Waals surface area contributed by atoms with Crippen LogP contribution in [0.15, 0.2) is 42.7 Å². The Hall–Kier alpha value is -2.90. The molecule has 0 amide bonds. The number of allylic oxidation sites excluding steroid dienone is 1. The number of hydrogen-bond acceptors (Lipinski definition) is 5. The number of aromatic nitrogens is 4. The van der Waals surface area contributed by atoms with E-state index in [0.717, 1.165) is 47.8 Å². The summed E-state index contributed by atoms with van der Waals surface area (Å²) >= 11 is 5.83. The quantitative estimate of drug-likeness (QED) is 0.385. The van der Waals surface area contributed by atoms with Gasteiger partial charge < -0.3 is 20.0 Å². The van der Waals surface area contributed by atoms with Crippen LogP contribution >= 0.6 is 11.6 Å². The van der Waals surface area contributed by atoms with E-state index < -0.39 is 0 Å². The first-order valence-electron chi connectivity index (χ1n) is 10.7. The van der Waals surface area contributed by atoms with Crippen molar-refractivity contribution in [3.8, 4) is 22.5 Å². The number of H-pyrrole nitrogens is 2. The first kappa shape index (κ1) is 20.0. The number of hydrogen-bond donors (Lipinski definition) is 4. The average Bonchev–Trinajstić information content (AvgIpc) is 3.20. The van der Waals surface area contributed by atoms with Crippen molar-refractivity contribution < 1.29 is 4.74 Å². The highest BCUT2D eigenvalue weighted by Crippen LogP contribution is 2.39. The van der Waals surface area contributed by atoms with E-state index in [4.69, 9.17) is 21.7 Å². The summed E-state index contributed by atoms with van der Waals surface area (Å²) in [6.07, 6.45) is 10.0. The third-order valence-electron chi connectivity index (χ3n) is 5.71. The van der Waals surface area contributed by atoms with E-state index >= 15 is 0 Å². The Balaban J connectivity index is 1.31. The van der Waals surface area contributed by atoms with Gasteiger partial charge in [0.1, 0.15) is 11.0 Å². The number of imidazole rings is 2. The number of ether oxygens (including phenoxy) is 1. The number of nitrogens with zero attached hydrogens (tertiary/aromatic N) is 2. The molecule has 1 atom stereocenters. The highest BCUT2D eigenvalue weighted by Gasteiger charge is 2.26. The van der Waals surface area contributed by atoms with E-state index in [2.05, 4.69) is 49.5 Å². The van der Waals surface area contributed by atoms with E-state index in [1.54, 1.807) is 12.3 Å². The molecule has 8 heteroatoms. The highest BCUT2D eigenvalue weighted by atomic mass is 35.5. The Morgan fingerprint density at radius 2 is 1.81 bits per heavy atom. The first-order chi connectivity index (χ1) is 15.2. The molecule has 2 aliphatic rings. The monoisotopic (exact) mass is 436 g/mol. The van der Waals surface area contributed by atoms with Gasteiger partial charge in [-0.25, -0.2) is 9.97 Å². The Bertz CT molecular complexity index is 1090. The minimum atomic E-state index is -0.0535. The predicted octanol–water partition coefficient (Wildman–Crippen LogP) is 4.67. The summed E-state index contributed by atoms with van der Waals surface area (Å²) < 4.78 is 5.67. The Morgan fingerprint density at radius 3 is 2.45 bits per heavy atom. The summed E-state index contributed by atoms with van der Waals surface area (Å²) in [5.41, 5.74) is 4.77. The molecule has 0 bridgehead atoms. The van der Waals surface area contributed by atoms with Gasteiger partial charge in [-0.2, -0.15) is 0 Å². The topological polar surface area (TPSA) is 102 Å². The fourth-order valence-corrected chi connectivity index (χ4v) is 3.95. The molecule has 160 valence electrons. The molecule has 1 aliphatic carbocycles. The zero-order valence-corrected chi connectivity index (χ0v) is 17.9. The molecule has 0 spiro atoms. The maximum Gasteiger partial charge on any atom is 0.154 e. The average molecular weight is 437 g/mol. The van der Waals surface area contributed by atoms with Gasteiger partial charge in [-0.1, -0.05) is 35.9 Å². The van der Waals surface area contributed by atoms with Crippen LogP contribution in [-0.2, 0) is 4.74 Å². The number of halogens is 1. The second kappa shape index (κ2) is 8.69. The van der Waals surface area contributed by atoms with Crippen molar-refractivity contribution in [2.75, 3.05) is 13.2 Å². The number of rotatable bonds is 8. The first-order valence-corrected chi connectivity index (χ1v) is 11.1. The van der Waals surface area contributed by atoms with Crippen molar-refractivity contribution in [3.05, 3.63) is 54.4 Å². The fourth-order valence-electron chi connectivity index (χ4n) is 3.84. The van der Waals surface area contributed by atoms with Gasteiger partial charge in [0.05, 0.1) is 35.6 Å². The largest absolute Gasteiger partial charge is 0.379 e. The summed E-state index contributed by atoms with van der Waals surface area (Å²) in [6, 6.07) is 8.30. The van der Waals surface area contributed by atoms with Crippen LogP contribution in [0.5, 0.6) is 0 Å². The summed E-state index contributed by atoms with van der Waals surface area (Å²) in [5, 5.41) is 10.9. The molecule has 5 rings (SSSR count). The van der Waals surface area contributed by atoms with Gasteiger partial charge >= 0.3 is 0 Å². The number of nitrogens with one attached hydrogen (secondary N) is 4. The molecule has 31 heavy (non-hydrogen) atoms. The van der Waals surface area contributed by atoms with E-state index in [9.17, 15) is 0 Å². The fraction of sp³-hybridized carbons (Fsp3) is 0.348. The minimum Gasteiger partial charge on any atom is -0.379 e. The van der Waals surface area contributed by atoms with Crippen LogP contribution in [0.4, 0.5) is 0 Å². The van der Waals surface area contributed by atoms with Crippen LogP contribution in [0.1, 0.15) is 43.3 Å². The number of aromatic amines is 2. The lowest BCUT2D eigenvalue weighted by atomic mass is 10.1. The minimum absolute atomic E-state index is 0.0535. The van der Waals surface area contributed by atoms with Crippen LogP contribution in [0.2, 0.25) is 0 Å². The third-order valence-corrected chi connectivity index (χ3v) is 5.82. The van der Waals surface area contributed by atoms with Crippen molar-refractivity contribution >= 4 is 22.5 Å². The summed E-state index contributed by atoms with van der Waals surface area (Å²) in [6.45, 7) is 1.46. The smallest absolute Gasteiger partial charge is 0.154 e. The number of benzene rings is 1. The molecule has 3 aromatic rings. The van der Waals surface area contributed by atoms with Crippen LogP contribution in [0, 0.1) is 5.41 Å². The van der Waals surface area contributed by atoms with E-state index in [-0.39, 0.29) is 11.3 Å². The van der Waals surface area contributed by atoms with Gasteiger partial charge in [-0.05, 0) is 36.8 Å². The van der Waals surface area contributed by atoms with Crippen LogP contribution in [0.3, 0.4) is 0 Å². The van der Waals surface area contributed by atoms with Crippen molar-refractivity contribution in [1.82, 2.24) is 25.3 Å². The lowest BCUT2D eigenvalue weighted by Crippen LogP contribution is -2.25. The van der Waals surface area contributed by atoms with E-state index in [1.807, 2.05) is 6.20 Å². The maximum absolute atomic E-state index is 7.64. The van der Waals surface area contributed by atoms with Crippen molar-refractivity contribution in [3.63, 3.8) is 0 Å². The van der Waals surface area contributed by atoms with Crippen molar-refractivity contribution in [1.29, 1.82) is 5.41 Å². The maximum atomic E-state index is 7.64. The molecule has 2 fully saturated rings. The normalized spacial score (nSPS) is 19.0. The lowest BCUT2D eigenvalue weighted by Gasteiger charge is -2.13. The van der Waals surface area contributed by atoms with E-state index in [1.165, 1.54) is 12.8 Å². The third kappa shape index (κ3) is 4.73. The molecule has 1 unspecified atom stereocenters. The Labute approximate surface area is 185 Å². The van der Waals surface area contributed by atoms with Gasteiger partial charge in [-0.15, -0.1) is 0 Å². The summed E-state index contributed by atoms with van der Waals surface area (Å²) in [4.78, 5) is 15.8. The molecule has 3 heterocycles. The predicted molar refractivity (Wildman–Crippen MR) is 122 cm³/mol. The highest BCUT2D eigenvalue weighted by molar-refractivity contribution is 6.68. The second-order valence-corrected chi connectivity index (χ2v) is 8.51. The van der Waals surface area contributed by atoms with Gasteiger partial charge in [0.2, 0.25) is 0 Å². The summed E-state index contributed by atoms with van der Waals surface area (Å²) in [7, 11) is 0. The zero-order chi connectivity index (χ0) is 21.2. The van der Waals surface area contributed by atoms with Gasteiger partial charge in [0, 0.05) is 25.1 Å². The molecule has 7 nitrogen and oxygen atoms in total. The molecular weight excluding hydrogens is 412 g/mol. The Morgan fingerprint density at radius 1 is 1.10 bits per heavy atom. The molecule has 1 saturated heterocycles. The van der Waals surface area contributed by atoms with Gasteiger partial charge in [0.25, 0.3) is 0 Å². The molecule has 0 radical (unpaired) electrons. The molecule has 1 saturated carbocycles. The van der Waals surface area contributed by atoms with Crippen molar-refractivity contribution in [2.45, 2.75) is 37.7 Å². The molecule has 1 aliphatic heterocycles. The van der Waals surface area contributed by atoms with Crippen LogP contribution in [-0.4, -0.2) is 44.4 Å². The van der Waals surface area contributed by atoms with Crippen molar-refractivity contribution in [2.24, 2.45) is 0 Å². The molecule has 1 aromatic carbocycles. The SMILES string of the molecule is N=C(Cl)/C=C(/NCC1CCCO1)c1ncc(-c2ccc(-c3cnc(C4CC4)[nH]3)cc2)[nH]1. The zero-order valence-electron chi connectivity index (χ0n) is 17.1. The second-order valence-electron chi connectivity index (χ2n) is 8.10. The van der Waals surface area contributed by atoms with Crippen LogP contribution in [0.25, 0.3) is 28.2 Å². The molecule has 2 aromatic heterocycles. The van der Waals surface area contributed by atoms with E-state index in [0.29, 0.717) is 24.0 Å². The molecule has 4 N–H and O–H groups in total. The standard InChI is InChI=1S/C23H25ClN6O/c24-21(25)10-18(26-11-17-2-1-9-31-17)23-28-13-20(30-23)15-5-3-14(4-6-15)19-12-27-22(29-19)16-7-8-16/h3-6,10,12-13,16-17,25-26H,1-2,7-9,11H2,(H,27,29)(H,28,30)/b18-10+,25-21?.